The van der Waals surface area contributed by atoms with Crippen molar-refractivity contribution in [2.45, 2.75) is 90.8 Å². The molecule has 0 atom stereocenters. The zero-order valence-electron chi connectivity index (χ0n) is 29.3. The number of amides is 2. The molecule has 0 bridgehead atoms. The summed E-state index contributed by atoms with van der Waals surface area (Å²) in [5, 5.41) is 6.90. The first-order chi connectivity index (χ1) is 23.9. The van der Waals surface area contributed by atoms with Gasteiger partial charge in [0.2, 0.25) is 0 Å². The molecule has 3 aromatic rings. The van der Waals surface area contributed by atoms with E-state index in [1.807, 2.05) is 49.4 Å². The number of carbonyl (C=O) groups is 3. The zero-order valence-corrected chi connectivity index (χ0v) is 30.1. The highest BCUT2D eigenvalue weighted by molar-refractivity contribution is 7.17. The lowest BCUT2D eigenvalue weighted by Gasteiger charge is -2.38. The minimum atomic E-state index is -0.191. The number of rotatable bonds is 14. The summed E-state index contributed by atoms with van der Waals surface area (Å²) in [7, 11) is 0. The average Bonchev–Trinajstić information content (AvgIpc) is 3.89. The molecule has 1 aliphatic heterocycles. The summed E-state index contributed by atoms with van der Waals surface area (Å²) in [4.78, 5) is 47.9. The Bertz CT molecular complexity index is 1610. The summed E-state index contributed by atoms with van der Waals surface area (Å²) >= 11 is 1.55. The molecule has 49 heavy (non-hydrogen) atoms. The number of esters is 1. The molecule has 2 fully saturated rings. The van der Waals surface area contributed by atoms with Gasteiger partial charge in [0.05, 0.1) is 18.7 Å². The molecule has 9 nitrogen and oxygen atoms in total. The number of piperidine rings is 1. The molecular weight excluding hydrogens is 635 g/mol. The van der Waals surface area contributed by atoms with Crippen LogP contribution in [0.15, 0.2) is 48.5 Å². The van der Waals surface area contributed by atoms with Gasteiger partial charge in [-0.3, -0.25) is 24.2 Å². The van der Waals surface area contributed by atoms with Gasteiger partial charge in [-0.25, -0.2) is 0 Å². The van der Waals surface area contributed by atoms with E-state index in [2.05, 4.69) is 45.2 Å². The predicted molar refractivity (Wildman–Crippen MR) is 198 cm³/mol. The molecule has 262 valence electrons. The second-order valence-electron chi connectivity index (χ2n) is 13.5. The molecule has 2 N–H and O–H groups in total. The summed E-state index contributed by atoms with van der Waals surface area (Å²) in [5.41, 5.74) is 5.26. The van der Waals surface area contributed by atoms with Gasteiger partial charge in [0.25, 0.3) is 11.8 Å². The fourth-order valence-electron chi connectivity index (χ4n) is 7.39. The number of nitrogens with one attached hydrogen (secondary N) is 2. The first kappa shape index (κ1) is 35.1. The third-order valence-corrected chi connectivity index (χ3v) is 11.3. The molecular formula is C39H51N5O4S. The van der Waals surface area contributed by atoms with E-state index >= 15 is 0 Å². The zero-order chi connectivity index (χ0) is 34.3. The number of fused-ring (bicyclic) bond motifs is 1. The molecule has 1 saturated carbocycles. The Kier molecular flexibility index (Phi) is 11.7. The van der Waals surface area contributed by atoms with Crippen molar-refractivity contribution in [1.29, 1.82) is 0 Å². The Morgan fingerprint density at radius 1 is 0.878 bits per heavy atom. The van der Waals surface area contributed by atoms with Gasteiger partial charge < -0.3 is 20.3 Å². The number of benzene rings is 2. The van der Waals surface area contributed by atoms with Gasteiger partial charge in [-0.15, -0.1) is 11.3 Å². The molecule has 2 heterocycles. The molecule has 0 spiro atoms. The molecule has 3 aliphatic rings. The van der Waals surface area contributed by atoms with Crippen molar-refractivity contribution in [3.8, 4) is 0 Å². The van der Waals surface area contributed by atoms with Crippen molar-refractivity contribution in [2.24, 2.45) is 0 Å². The van der Waals surface area contributed by atoms with Gasteiger partial charge in [-0.2, -0.15) is 0 Å². The number of aryl methyl sites for hydroxylation is 1. The fraction of sp³-hybridized carbons (Fsp3) is 0.513. The van der Waals surface area contributed by atoms with E-state index in [4.69, 9.17) is 4.74 Å². The largest absolute Gasteiger partial charge is 0.465 e. The van der Waals surface area contributed by atoms with Crippen molar-refractivity contribution < 1.29 is 19.1 Å². The van der Waals surface area contributed by atoms with Gasteiger partial charge in [-0.1, -0.05) is 12.1 Å². The monoisotopic (exact) mass is 685 g/mol. The minimum absolute atomic E-state index is 0.147. The smallest absolute Gasteiger partial charge is 0.320 e. The van der Waals surface area contributed by atoms with Gasteiger partial charge in [-0.05, 0) is 120 Å². The van der Waals surface area contributed by atoms with Crippen molar-refractivity contribution in [3.63, 3.8) is 0 Å². The maximum absolute atomic E-state index is 13.8. The summed E-state index contributed by atoms with van der Waals surface area (Å²) in [6.07, 6.45) is 8.36. The molecule has 10 heteroatoms. The normalized spacial score (nSPS) is 16.7. The molecule has 1 saturated heterocycles. The minimum Gasteiger partial charge on any atom is -0.465 e. The van der Waals surface area contributed by atoms with Gasteiger partial charge in [0, 0.05) is 66.6 Å². The molecule has 1 aromatic heterocycles. The van der Waals surface area contributed by atoms with Gasteiger partial charge in [0.1, 0.15) is 5.00 Å². The van der Waals surface area contributed by atoms with E-state index < -0.39 is 0 Å². The van der Waals surface area contributed by atoms with Crippen LogP contribution in [0.5, 0.6) is 0 Å². The Balaban J connectivity index is 1.13. The molecule has 2 aliphatic carbocycles. The van der Waals surface area contributed by atoms with E-state index in [9.17, 15) is 14.4 Å². The highest BCUT2D eigenvalue weighted by Gasteiger charge is 2.36. The van der Waals surface area contributed by atoms with Crippen LogP contribution in [0, 0.1) is 0 Å². The number of likely N-dealkylation sites (tertiary alicyclic amines) is 1. The number of carbonyl (C=O) groups excluding carboxylic acids is 3. The molecule has 6 rings (SSSR count). The maximum atomic E-state index is 13.8. The number of thiophene rings is 1. The molecule has 0 unspecified atom stereocenters. The summed E-state index contributed by atoms with van der Waals surface area (Å²) in [6, 6.07) is 17.0. The summed E-state index contributed by atoms with van der Waals surface area (Å²) in [5.74, 6) is -0.512. The second-order valence-corrected chi connectivity index (χ2v) is 14.6. The van der Waals surface area contributed by atoms with Crippen molar-refractivity contribution >= 4 is 45.5 Å². The standard InChI is InChI=1S/C39H51N5O4S/c1-4-43(5-2)30-16-14-29(15-17-30)40-38(47)36-33-12-7-8-13-34(33)49-39(36)41-37(46)28-11-9-10-27(24-28)25-44(31-18-19-31)32-20-22-42(23-21-32)26-35(45)48-6-3/h9-11,14-17,24,31-32H,4-8,12-13,18-23,25-26H2,1-3H3,(H,40,47)(H,41,46). The lowest BCUT2D eigenvalue weighted by atomic mass is 9.95. The summed E-state index contributed by atoms with van der Waals surface area (Å²) in [6.45, 7) is 11.3. The van der Waals surface area contributed by atoms with Crippen LogP contribution < -0.4 is 15.5 Å². The Morgan fingerprint density at radius 2 is 1.59 bits per heavy atom. The van der Waals surface area contributed by atoms with Gasteiger partial charge >= 0.3 is 5.97 Å². The van der Waals surface area contributed by atoms with Crippen LogP contribution >= 0.6 is 11.3 Å². The van der Waals surface area contributed by atoms with Crippen LogP contribution in [-0.4, -0.2) is 79.0 Å². The van der Waals surface area contributed by atoms with E-state index in [0.29, 0.717) is 41.4 Å². The van der Waals surface area contributed by atoms with Gasteiger partial charge in [0.15, 0.2) is 0 Å². The second kappa shape index (κ2) is 16.3. The van der Waals surface area contributed by atoms with Crippen LogP contribution in [0.2, 0.25) is 0 Å². The lowest BCUT2D eigenvalue weighted by molar-refractivity contribution is -0.144. The van der Waals surface area contributed by atoms with E-state index in [1.54, 1.807) is 11.3 Å². The van der Waals surface area contributed by atoms with E-state index in [0.717, 1.165) is 93.8 Å². The molecule has 2 aromatic carbocycles. The third kappa shape index (κ3) is 8.71. The van der Waals surface area contributed by atoms with E-state index in [-0.39, 0.29) is 17.8 Å². The predicted octanol–water partition coefficient (Wildman–Crippen LogP) is 6.97. The maximum Gasteiger partial charge on any atom is 0.320 e. The topological polar surface area (TPSA) is 94.2 Å². The van der Waals surface area contributed by atoms with Crippen LogP contribution in [0.4, 0.5) is 16.4 Å². The highest BCUT2D eigenvalue weighted by Crippen LogP contribution is 2.39. The van der Waals surface area contributed by atoms with Crippen LogP contribution in [0.3, 0.4) is 0 Å². The number of hydrogen-bond acceptors (Lipinski definition) is 8. The van der Waals surface area contributed by atoms with Crippen LogP contribution in [0.1, 0.15) is 96.0 Å². The Labute approximate surface area is 295 Å². The van der Waals surface area contributed by atoms with Crippen molar-refractivity contribution in [3.05, 3.63) is 75.7 Å². The number of anilines is 3. The summed E-state index contributed by atoms with van der Waals surface area (Å²) < 4.78 is 5.15. The van der Waals surface area contributed by atoms with Crippen molar-refractivity contribution in [1.82, 2.24) is 9.80 Å². The lowest BCUT2D eigenvalue weighted by Crippen LogP contribution is -2.46. The quantitative estimate of drug-likeness (QED) is 0.177. The first-order valence-corrected chi connectivity index (χ1v) is 19.0. The SMILES string of the molecule is CCOC(=O)CN1CCC(N(Cc2cccc(C(=O)Nc3sc4c(c3C(=O)Nc3ccc(N(CC)CC)cc3)CCCC4)c2)C2CC2)CC1. The molecule has 0 radical (unpaired) electrons. The third-order valence-electron chi connectivity index (χ3n) is 10.1. The first-order valence-electron chi connectivity index (χ1n) is 18.2. The van der Waals surface area contributed by atoms with Crippen LogP contribution in [-0.2, 0) is 28.9 Å². The van der Waals surface area contributed by atoms with Crippen molar-refractivity contribution in [2.75, 3.05) is 54.9 Å². The Morgan fingerprint density at radius 3 is 2.29 bits per heavy atom. The highest BCUT2D eigenvalue weighted by atomic mass is 32.1. The van der Waals surface area contributed by atoms with E-state index in [1.165, 1.54) is 17.7 Å². The number of ether oxygens (including phenoxy) is 1. The Hall–Kier alpha value is -3.73. The molecule has 2 amide bonds. The number of nitrogens with zero attached hydrogens (tertiary/aromatic N) is 3. The van der Waals surface area contributed by atoms with Crippen LogP contribution in [0.25, 0.3) is 0 Å². The average molecular weight is 686 g/mol. The number of hydrogen-bond donors (Lipinski definition) is 2. The fourth-order valence-corrected chi connectivity index (χ4v) is 8.67.